The van der Waals surface area contributed by atoms with Crippen molar-refractivity contribution in [3.8, 4) is 0 Å². The molecule has 0 aliphatic heterocycles. The Balaban J connectivity index is 2.55. The molecule has 0 fully saturated rings. The van der Waals surface area contributed by atoms with Crippen LogP contribution in [0.4, 0.5) is 0 Å². The van der Waals surface area contributed by atoms with Gasteiger partial charge in [0.1, 0.15) is 0 Å². The number of nitrogens with one attached hydrogen (secondary N) is 1. The number of amides is 1. The van der Waals surface area contributed by atoms with Gasteiger partial charge in [0.25, 0.3) is 0 Å². The van der Waals surface area contributed by atoms with Gasteiger partial charge >= 0.3 is 0 Å². The molecule has 0 radical (unpaired) electrons. The van der Waals surface area contributed by atoms with E-state index in [4.69, 9.17) is 5.73 Å². The van der Waals surface area contributed by atoms with E-state index in [1.807, 2.05) is 30.3 Å². The molecule has 4 N–H and O–H groups in total. The van der Waals surface area contributed by atoms with Gasteiger partial charge in [-0.2, -0.15) is 0 Å². The standard InChI is InChI=1S/C16H26N2O2/c1-12(2)8-13(10-17)9-16(20)18-15(11-19)14-6-4-3-5-7-14/h3-7,12-13,15,19H,8-11,17H2,1-2H3,(H,18,20)/t13-,15+/m0/s1. The summed E-state index contributed by atoms with van der Waals surface area (Å²) in [5.74, 6) is 0.674. The van der Waals surface area contributed by atoms with Crippen molar-refractivity contribution in [3.63, 3.8) is 0 Å². The third-order valence-corrected chi connectivity index (χ3v) is 3.33. The van der Waals surface area contributed by atoms with Crippen molar-refractivity contribution in [1.82, 2.24) is 5.32 Å². The number of aliphatic hydroxyl groups excluding tert-OH is 1. The number of hydrogen-bond acceptors (Lipinski definition) is 3. The monoisotopic (exact) mass is 278 g/mol. The minimum Gasteiger partial charge on any atom is -0.394 e. The molecule has 2 atom stereocenters. The van der Waals surface area contributed by atoms with Crippen molar-refractivity contribution < 1.29 is 9.90 Å². The lowest BCUT2D eigenvalue weighted by atomic mass is 9.94. The van der Waals surface area contributed by atoms with E-state index >= 15 is 0 Å². The molecule has 1 aromatic rings. The molecule has 1 aromatic carbocycles. The third kappa shape index (κ3) is 5.72. The van der Waals surface area contributed by atoms with E-state index in [1.54, 1.807) is 0 Å². The average Bonchev–Trinajstić information content (AvgIpc) is 2.44. The largest absolute Gasteiger partial charge is 0.394 e. The van der Waals surface area contributed by atoms with Gasteiger partial charge < -0.3 is 16.2 Å². The minimum atomic E-state index is -0.346. The van der Waals surface area contributed by atoms with E-state index in [0.717, 1.165) is 12.0 Å². The summed E-state index contributed by atoms with van der Waals surface area (Å²) < 4.78 is 0. The second kappa shape index (κ2) is 8.72. The van der Waals surface area contributed by atoms with Crippen molar-refractivity contribution in [2.75, 3.05) is 13.2 Å². The van der Waals surface area contributed by atoms with Crippen LogP contribution in [0.15, 0.2) is 30.3 Å². The minimum absolute atomic E-state index is 0.0518. The Morgan fingerprint density at radius 3 is 2.45 bits per heavy atom. The van der Waals surface area contributed by atoms with Crippen molar-refractivity contribution in [2.45, 2.75) is 32.7 Å². The van der Waals surface area contributed by atoms with Crippen LogP contribution in [0.2, 0.25) is 0 Å². The van der Waals surface area contributed by atoms with Gasteiger partial charge in [-0.25, -0.2) is 0 Å². The highest BCUT2D eigenvalue weighted by molar-refractivity contribution is 5.76. The van der Waals surface area contributed by atoms with Crippen molar-refractivity contribution in [2.24, 2.45) is 17.6 Å². The van der Waals surface area contributed by atoms with Gasteiger partial charge in [-0.3, -0.25) is 4.79 Å². The molecule has 1 amide bonds. The number of carbonyl (C=O) groups excluding carboxylic acids is 1. The van der Waals surface area contributed by atoms with E-state index in [0.29, 0.717) is 18.9 Å². The highest BCUT2D eigenvalue weighted by atomic mass is 16.3. The molecule has 20 heavy (non-hydrogen) atoms. The SMILES string of the molecule is CC(C)C[C@H](CN)CC(=O)N[C@H](CO)c1ccccc1. The first-order valence-electron chi connectivity index (χ1n) is 7.22. The molecule has 4 heteroatoms. The van der Waals surface area contributed by atoms with Crippen LogP contribution in [-0.2, 0) is 4.79 Å². The Labute approximate surface area is 121 Å². The number of aliphatic hydroxyl groups is 1. The normalized spacial score (nSPS) is 14.1. The fourth-order valence-corrected chi connectivity index (χ4v) is 2.36. The Morgan fingerprint density at radius 1 is 1.30 bits per heavy atom. The van der Waals surface area contributed by atoms with Crippen LogP contribution in [0.3, 0.4) is 0 Å². The highest BCUT2D eigenvalue weighted by Crippen LogP contribution is 2.16. The topological polar surface area (TPSA) is 75.4 Å². The van der Waals surface area contributed by atoms with Crippen LogP contribution in [0, 0.1) is 11.8 Å². The lowest BCUT2D eigenvalue weighted by molar-refractivity contribution is -0.123. The van der Waals surface area contributed by atoms with Crippen LogP contribution in [0.25, 0.3) is 0 Å². The maximum Gasteiger partial charge on any atom is 0.220 e. The van der Waals surface area contributed by atoms with Gasteiger partial charge in [0.05, 0.1) is 12.6 Å². The maximum atomic E-state index is 12.1. The van der Waals surface area contributed by atoms with Gasteiger partial charge in [0, 0.05) is 6.42 Å². The van der Waals surface area contributed by atoms with Gasteiger partial charge in [-0.1, -0.05) is 44.2 Å². The van der Waals surface area contributed by atoms with Crippen molar-refractivity contribution in [3.05, 3.63) is 35.9 Å². The molecule has 0 heterocycles. The summed E-state index contributed by atoms with van der Waals surface area (Å²) >= 11 is 0. The number of nitrogens with two attached hydrogens (primary N) is 1. The van der Waals surface area contributed by atoms with Gasteiger partial charge in [-0.15, -0.1) is 0 Å². The van der Waals surface area contributed by atoms with Crippen molar-refractivity contribution >= 4 is 5.91 Å². The average molecular weight is 278 g/mol. The molecule has 0 saturated heterocycles. The van der Waals surface area contributed by atoms with E-state index in [2.05, 4.69) is 19.2 Å². The molecule has 0 bridgehead atoms. The molecule has 0 aliphatic rings. The van der Waals surface area contributed by atoms with E-state index in [1.165, 1.54) is 0 Å². The van der Waals surface area contributed by atoms with Gasteiger partial charge in [0.2, 0.25) is 5.91 Å². The summed E-state index contributed by atoms with van der Waals surface area (Å²) in [7, 11) is 0. The second-order valence-electron chi connectivity index (χ2n) is 5.65. The first-order chi connectivity index (χ1) is 9.56. The van der Waals surface area contributed by atoms with Gasteiger partial charge in [0.15, 0.2) is 0 Å². The van der Waals surface area contributed by atoms with E-state index < -0.39 is 0 Å². The van der Waals surface area contributed by atoms with Crippen LogP contribution in [-0.4, -0.2) is 24.2 Å². The molecule has 112 valence electrons. The lowest BCUT2D eigenvalue weighted by Crippen LogP contribution is -2.33. The Hall–Kier alpha value is -1.39. The van der Waals surface area contributed by atoms with Crippen LogP contribution < -0.4 is 11.1 Å². The van der Waals surface area contributed by atoms with Crippen molar-refractivity contribution in [1.29, 1.82) is 0 Å². The summed E-state index contributed by atoms with van der Waals surface area (Å²) in [5, 5.41) is 12.3. The number of rotatable bonds is 8. The zero-order valence-electron chi connectivity index (χ0n) is 12.4. The first-order valence-corrected chi connectivity index (χ1v) is 7.22. The molecule has 0 aromatic heterocycles. The molecule has 0 unspecified atom stereocenters. The Bertz CT molecular complexity index is 393. The summed E-state index contributed by atoms with van der Waals surface area (Å²) in [5.41, 5.74) is 6.63. The summed E-state index contributed by atoms with van der Waals surface area (Å²) in [4.78, 5) is 12.1. The molecular weight excluding hydrogens is 252 g/mol. The predicted molar refractivity (Wildman–Crippen MR) is 81.0 cm³/mol. The second-order valence-corrected chi connectivity index (χ2v) is 5.65. The Kier molecular flexibility index (Phi) is 7.26. The summed E-state index contributed by atoms with van der Waals surface area (Å²) in [6.07, 6.45) is 1.36. The number of carbonyl (C=O) groups is 1. The molecule has 0 saturated carbocycles. The number of benzene rings is 1. The Morgan fingerprint density at radius 2 is 1.95 bits per heavy atom. The fourth-order valence-electron chi connectivity index (χ4n) is 2.36. The molecule has 0 spiro atoms. The van der Waals surface area contributed by atoms with E-state index in [9.17, 15) is 9.90 Å². The molecular formula is C16H26N2O2. The summed E-state index contributed by atoms with van der Waals surface area (Å²) in [6, 6.07) is 9.15. The zero-order valence-corrected chi connectivity index (χ0v) is 12.4. The molecule has 1 rings (SSSR count). The zero-order chi connectivity index (χ0) is 15.0. The van der Waals surface area contributed by atoms with Crippen LogP contribution in [0.5, 0.6) is 0 Å². The van der Waals surface area contributed by atoms with Crippen LogP contribution >= 0.6 is 0 Å². The quantitative estimate of drug-likeness (QED) is 0.679. The molecule has 4 nitrogen and oxygen atoms in total. The van der Waals surface area contributed by atoms with Gasteiger partial charge in [-0.05, 0) is 30.4 Å². The highest BCUT2D eigenvalue weighted by Gasteiger charge is 2.17. The number of hydrogen-bond donors (Lipinski definition) is 3. The predicted octanol–water partition coefficient (Wildman–Crippen LogP) is 1.85. The van der Waals surface area contributed by atoms with Crippen LogP contribution in [0.1, 0.15) is 38.3 Å². The third-order valence-electron chi connectivity index (χ3n) is 3.33. The maximum absolute atomic E-state index is 12.1. The molecule has 0 aliphatic carbocycles. The van der Waals surface area contributed by atoms with E-state index in [-0.39, 0.29) is 24.5 Å². The summed E-state index contributed by atoms with van der Waals surface area (Å²) in [6.45, 7) is 4.66. The first kappa shape index (κ1) is 16.7. The smallest absolute Gasteiger partial charge is 0.220 e. The lowest BCUT2D eigenvalue weighted by Gasteiger charge is -2.20. The fraction of sp³-hybridized carbons (Fsp3) is 0.562.